The summed E-state index contributed by atoms with van der Waals surface area (Å²) in [6.07, 6.45) is 9.44. The maximum Gasteiger partial charge on any atom is 1.00 e. The largest absolute Gasteiger partial charge is 1.00 e. The first-order chi connectivity index (χ1) is 8.02. The van der Waals surface area contributed by atoms with Crippen LogP contribution in [0.2, 0.25) is 0 Å². The minimum atomic E-state index is -4.09. The smallest absolute Gasteiger partial charge is 0.748 e. The van der Waals surface area contributed by atoms with Crippen LogP contribution in [0.3, 0.4) is 0 Å². The van der Waals surface area contributed by atoms with Gasteiger partial charge in [0.25, 0.3) is 0 Å². The Morgan fingerprint density at radius 3 is 1.50 bits per heavy atom. The Labute approximate surface area is 135 Å². The summed E-state index contributed by atoms with van der Waals surface area (Å²) in [6, 6.07) is 0. The first kappa shape index (κ1) is 21.2. The third kappa shape index (κ3) is 12.0. The second kappa shape index (κ2) is 12.9. The van der Waals surface area contributed by atoms with E-state index in [2.05, 4.69) is 13.8 Å². The molecule has 0 rings (SSSR count). The third-order valence-electron chi connectivity index (χ3n) is 3.17. The summed E-state index contributed by atoms with van der Waals surface area (Å²) in [4.78, 5) is 0. The molecule has 0 aromatic heterocycles. The van der Waals surface area contributed by atoms with Crippen LogP contribution in [-0.2, 0) is 10.1 Å². The molecule has 0 aliphatic carbocycles. The van der Waals surface area contributed by atoms with Gasteiger partial charge in [0, 0.05) is 5.25 Å². The molecule has 0 N–H and O–H groups in total. The average Bonchev–Trinajstić information content (AvgIpc) is 2.25. The molecule has 0 atom stereocenters. The van der Waals surface area contributed by atoms with Crippen LogP contribution in [0.4, 0.5) is 0 Å². The standard InChI is InChI=1S/C13H28O3S.Na/c1-3-5-7-9-11-13(17(14,15)16)12-10-8-6-4-2;/h13H,3-12H2,1-2H3,(H,14,15,16);/q;+1/p-1. The molecule has 0 amide bonds. The Morgan fingerprint density at radius 1 is 0.833 bits per heavy atom. The van der Waals surface area contributed by atoms with Crippen LogP contribution < -0.4 is 29.6 Å². The summed E-state index contributed by atoms with van der Waals surface area (Å²) in [6.45, 7) is 4.24. The maximum absolute atomic E-state index is 11.1. The van der Waals surface area contributed by atoms with Crippen LogP contribution in [0, 0.1) is 0 Å². The fraction of sp³-hybridized carbons (Fsp3) is 1.00. The Hall–Kier alpha value is 0.910. The topological polar surface area (TPSA) is 57.2 Å². The molecule has 5 heteroatoms. The summed E-state index contributed by atoms with van der Waals surface area (Å²) in [5, 5.41) is -0.642. The predicted molar refractivity (Wildman–Crippen MR) is 71.0 cm³/mol. The molecule has 0 aromatic rings. The van der Waals surface area contributed by atoms with Gasteiger partial charge in [-0.3, -0.25) is 0 Å². The minimum Gasteiger partial charge on any atom is -0.748 e. The molecule has 3 nitrogen and oxygen atoms in total. The van der Waals surface area contributed by atoms with Gasteiger partial charge in [0.15, 0.2) is 0 Å². The molecule has 0 aliphatic heterocycles. The maximum atomic E-state index is 11.1. The first-order valence-corrected chi connectivity index (χ1v) is 8.44. The van der Waals surface area contributed by atoms with Crippen molar-refractivity contribution in [3.63, 3.8) is 0 Å². The van der Waals surface area contributed by atoms with Gasteiger partial charge in [0.1, 0.15) is 0 Å². The van der Waals surface area contributed by atoms with Crippen LogP contribution in [0.1, 0.15) is 78.1 Å². The van der Waals surface area contributed by atoms with E-state index < -0.39 is 15.4 Å². The zero-order valence-electron chi connectivity index (χ0n) is 12.3. The van der Waals surface area contributed by atoms with E-state index in [9.17, 15) is 13.0 Å². The summed E-state index contributed by atoms with van der Waals surface area (Å²) in [5.74, 6) is 0. The van der Waals surface area contributed by atoms with Crippen molar-refractivity contribution in [3.05, 3.63) is 0 Å². The molecule has 0 aliphatic rings. The summed E-state index contributed by atoms with van der Waals surface area (Å²) < 4.78 is 33.3. The number of hydrogen-bond acceptors (Lipinski definition) is 3. The molecule has 18 heavy (non-hydrogen) atoms. The van der Waals surface area contributed by atoms with Crippen LogP contribution >= 0.6 is 0 Å². The fourth-order valence-electron chi connectivity index (χ4n) is 2.03. The van der Waals surface area contributed by atoms with Crippen LogP contribution in [0.5, 0.6) is 0 Å². The van der Waals surface area contributed by atoms with E-state index in [4.69, 9.17) is 0 Å². The second-order valence-electron chi connectivity index (χ2n) is 4.81. The van der Waals surface area contributed by atoms with Gasteiger partial charge in [-0.25, -0.2) is 8.42 Å². The third-order valence-corrected chi connectivity index (χ3v) is 4.46. The minimum absolute atomic E-state index is 0. The van der Waals surface area contributed by atoms with E-state index in [0.717, 1.165) is 51.4 Å². The molecule has 0 spiro atoms. The Kier molecular flexibility index (Phi) is 15.2. The van der Waals surface area contributed by atoms with E-state index in [-0.39, 0.29) is 29.6 Å². The zero-order valence-corrected chi connectivity index (χ0v) is 15.1. The molecular weight excluding hydrogens is 259 g/mol. The molecule has 0 unspecified atom stereocenters. The van der Waals surface area contributed by atoms with Crippen molar-refractivity contribution >= 4 is 10.1 Å². The normalized spacial score (nSPS) is 11.6. The van der Waals surface area contributed by atoms with Gasteiger partial charge in [-0.2, -0.15) is 0 Å². The van der Waals surface area contributed by atoms with E-state index in [1.165, 1.54) is 0 Å². The molecule has 0 radical (unpaired) electrons. The van der Waals surface area contributed by atoms with Crippen LogP contribution in [-0.4, -0.2) is 18.2 Å². The van der Waals surface area contributed by atoms with Gasteiger partial charge in [-0.15, -0.1) is 0 Å². The van der Waals surface area contributed by atoms with Crippen molar-refractivity contribution in [2.24, 2.45) is 0 Å². The SMILES string of the molecule is CCCCCCC(CCCCCC)S(=O)(=O)[O-].[Na+]. The zero-order chi connectivity index (χ0) is 13.1. The number of hydrogen-bond donors (Lipinski definition) is 0. The molecule has 104 valence electrons. The summed E-state index contributed by atoms with van der Waals surface area (Å²) in [5.41, 5.74) is 0. The fourth-order valence-corrected chi connectivity index (χ4v) is 2.94. The molecule has 0 saturated heterocycles. The van der Waals surface area contributed by atoms with E-state index in [1.54, 1.807) is 0 Å². The molecule has 0 saturated carbocycles. The van der Waals surface area contributed by atoms with Crippen molar-refractivity contribution in [1.82, 2.24) is 0 Å². The van der Waals surface area contributed by atoms with Crippen molar-refractivity contribution in [2.75, 3.05) is 0 Å². The van der Waals surface area contributed by atoms with Gasteiger partial charge in [-0.05, 0) is 12.8 Å². The Morgan fingerprint density at radius 2 is 1.22 bits per heavy atom. The quantitative estimate of drug-likeness (QED) is 0.321. The van der Waals surface area contributed by atoms with Gasteiger partial charge >= 0.3 is 29.6 Å². The van der Waals surface area contributed by atoms with Gasteiger partial charge < -0.3 is 4.55 Å². The monoisotopic (exact) mass is 286 g/mol. The van der Waals surface area contributed by atoms with Gasteiger partial charge in [0.2, 0.25) is 0 Å². The first-order valence-electron chi connectivity index (χ1n) is 6.97. The molecule has 0 aromatic carbocycles. The Balaban J connectivity index is 0. The molecule has 0 bridgehead atoms. The van der Waals surface area contributed by atoms with E-state index in [1.807, 2.05) is 0 Å². The van der Waals surface area contributed by atoms with Crippen LogP contribution in [0.15, 0.2) is 0 Å². The van der Waals surface area contributed by atoms with Crippen molar-refractivity contribution in [3.8, 4) is 0 Å². The number of unbranched alkanes of at least 4 members (excludes halogenated alkanes) is 6. The second-order valence-corrected chi connectivity index (χ2v) is 6.47. The van der Waals surface area contributed by atoms with Gasteiger partial charge in [-0.1, -0.05) is 65.2 Å². The molecule has 0 heterocycles. The van der Waals surface area contributed by atoms with Crippen LogP contribution in [0.25, 0.3) is 0 Å². The predicted octanol–water partition coefficient (Wildman–Crippen LogP) is 0.845. The molecule has 0 fully saturated rings. The van der Waals surface area contributed by atoms with E-state index >= 15 is 0 Å². The van der Waals surface area contributed by atoms with Crippen molar-refractivity contribution in [2.45, 2.75) is 83.3 Å². The summed E-state index contributed by atoms with van der Waals surface area (Å²) in [7, 11) is -4.09. The van der Waals surface area contributed by atoms with Crippen molar-refractivity contribution in [1.29, 1.82) is 0 Å². The van der Waals surface area contributed by atoms with Gasteiger partial charge in [0.05, 0.1) is 10.1 Å². The summed E-state index contributed by atoms with van der Waals surface area (Å²) >= 11 is 0. The number of rotatable bonds is 11. The molecular formula is C13H27NaO3S. The van der Waals surface area contributed by atoms with E-state index in [0.29, 0.717) is 12.8 Å². The average molecular weight is 286 g/mol. The van der Waals surface area contributed by atoms with Crippen molar-refractivity contribution < 1.29 is 42.5 Å². The Bertz CT molecular complexity index is 253.